The Morgan fingerprint density at radius 3 is 2.44 bits per heavy atom. The summed E-state index contributed by atoms with van der Waals surface area (Å²) < 4.78 is 5.82. The monoisotopic (exact) mass is 377 g/mol. The summed E-state index contributed by atoms with van der Waals surface area (Å²) >= 11 is 11.9. The number of ether oxygens (including phenoxy) is 1. The lowest BCUT2D eigenvalue weighted by atomic mass is 10.2. The summed E-state index contributed by atoms with van der Waals surface area (Å²) in [5.41, 5.74) is 1.60. The second-order valence-electron chi connectivity index (χ2n) is 6.27. The number of carbonyl (C=O) groups excluding carboxylic acids is 1. The zero-order valence-corrected chi connectivity index (χ0v) is 15.5. The SMILES string of the molecule is O=C(c1cccc(OCc2ccc(Cl)c(Cl)c2)c1)N1CCCCCC1. The molecule has 3 rings (SSSR count). The van der Waals surface area contributed by atoms with Crippen LogP contribution in [0.2, 0.25) is 10.0 Å². The van der Waals surface area contributed by atoms with Gasteiger partial charge >= 0.3 is 0 Å². The van der Waals surface area contributed by atoms with Crippen molar-refractivity contribution in [1.82, 2.24) is 4.90 Å². The van der Waals surface area contributed by atoms with Crippen LogP contribution in [0, 0.1) is 0 Å². The lowest BCUT2D eigenvalue weighted by molar-refractivity contribution is 0.0761. The van der Waals surface area contributed by atoms with E-state index >= 15 is 0 Å². The van der Waals surface area contributed by atoms with Crippen molar-refractivity contribution in [2.75, 3.05) is 13.1 Å². The van der Waals surface area contributed by atoms with Crippen LogP contribution in [-0.4, -0.2) is 23.9 Å². The molecule has 5 heteroatoms. The van der Waals surface area contributed by atoms with Gasteiger partial charge in [0.15, 0.2) is 0 Å². The van der Waals surface area contributed by atoms with Crippen molar-refractivity contribution < 1.29 is 9.53 Å². The molecule has 2 aromatic carbocycles. The zero-order valence-electron chi connectivity index (χ0n) is 14.0. The molecular formula is C20H21Cl2NO2. The number of benzene rings is 2. The van der Waals surface area contributed by atoms with Gasteiger partial charge in [-0.2, -0.15) is 0 Å². The highest BCUT2D eigenvalue weighted by Crippen LogP contribution is 2.24. The molecule has 0 N–H and O–H groups in total. The molecule has 0 bridgehead atoms. The van der Waals surface area contributed by atoms with Crippen LogP contribution in [-0.2, 0) is 6.61 Å². The first-order valence-corrected chi connectivity index (χ1v) is 9.35. The second kappa shape index (κ2) is 8.59. The minimum Gasteiger partial charge on any atom is -0.489 e. The van der Waals surface area contributed by atoms with Gasteiger partial charge in [-0.25, -0.2) is 0 Å². The molecule has 2 aromatic rings. The summed E-state index contributed by atoms with van der Waals surface area (Å²) in [5.74, 6) is 0.758. The summed E-state index contributed by atoms with van der Waals surface area (Å²) in [4.78, 5) is 14.6. The summed E-state index contributed by atoms with van der Waals surface area (Å²) in [6, 6.07) is 12.8. The number of likely N-dealkylation sites (tertiary alicyclic amines) is 1. The Morgan fingerprint density at radius 1 is 0.960 bits per heavy atom. The number of carbonyl (C=O) groups is 1. The molecule has 1 amide bonds. The number of nitrogens with zero attached hydrogens (tertiary/aromatic N) is 1. The fraction of sp³-hybridized carbons (Fsp3) is 0.350. The van der Waals surface area contributed by atoms with Crippen molar-refractivity contribution in [2.45, 2.75) is 32.3 Å². The Hall–Kier alpha value is -1.71. The van der Waals surface area contributed by atoms with Gasteiger partial charge in [0.2, 0.25) is 0 Å². The van der Waals surface area contributed by atoms with Crippen LogP contribution in [0.15, 0.2) is 42.5 Å². The van der Waals surface area contributed by atoms with Crippen LogP contribution in [0.25, 0.3) is 0 Å². The van der Waals surface area contributed by atoms with E-state index in [-0.39, 0.29) is 5.91 Å². The molecule has 132 valence electrons. The summed E-state index contributed by atoms with van der Waals surface area (Å²) in [6.45, 7) is 2.05. The largest absolute Gasteiger partial charge is 0.489 e. The number of hydrogen-bond donors (Lipinski definition) is 0. The van der Waals surface area contributed by atoms with E-state index in [1.807, 2.05) is 35.2 Å². The highest BCUT2D eigenvalue weighted by molar-refractivity contribution is 6.42. The van der Waals surface area contributed by atoms with Crippen molar-refractivity contribution >= 4 is 29.1 Å². The molecule has 0 aromatic heterocycles. The van der Waals surface area contributed by atoms with E-state index in [1.54, 1.807) is 12.1 Å². The highest BCUT2D eigenvalue weighted by Gasteiger charge is 2.17. The number of amides is 1. The van der Waals surface area contributed by atoms with Gasteiger partial charge in [0.05, 0.1) is 10.0 Å². The standard InChI is InChI=1S/C20H21Cl2NO2/c21-18-9-8-15(12-19(18)22)14-25-17-7-5-6-16(13-17)20(24)23-10-3-1-2-4-11-23/h5-9,12-13H,1-4,10-11,14H2. The van der Waals surface area contributed by atoms with E-state index in [1.165, 1.54) is 12.8 Å². The van der Waals surface area contributed by atoms with Crippen LogP contribution in [0.4, 0.5) is 0 Å². The Morgan fingerprint density at radius 2 is 1.72 bits per heavy atom. The molecule has 0 atom stereocenters. The summed E-state index contributed by atoms with van der Waals surface area (Å²) in [5, 5.41) is 1.03. The van der Waals surface area contributed by atoms with E-state index in [9.17, 15) is 4.79 Å². The van der Waals surface area contributed by atoms with Gasteiger partial charge in [-0.3, -0.25) is 4.79 Å². The molecule has 3 nitrogen and oxygen atoms in total. The van der Waals surface area contributed by atoms with Crippen molar-refractivity contribution in [3.8, 4) is 5.75 Å². The molecule has 0 unspecified atom stereocenters. The lowest BCUT2D eigenvalue weighted by Crippen LogP contribution is -2.31. The van der Waals surface area contributed by atoms with E-state index in [0.717, 1.165) is 31.5 Å². The average Bonchev–Trinajstić information content (AvgIpc) is 2.92. The molecule has 1 aliphatic heterocycles. The topological polar surface area (TPSA) is 29.5 Å². The molecule has 0 spiro atoms. The van der Waals surface area contributed by atoms with Crippen molar-refractivity contribution in [3.05, 3.63) is 63.6 Å². The molecule has 0 saturated carbocycles. The van der Waals surface area contributed by atoms with Gasteiger partial charge in [0.25, 0.3) is 5.91 Å². The van der Waals surface area contributed by atoms with Crippen LogP contribution < -0.4 is 4.74 Å². The summed E-state index contributed by atoms with van der Waals surface area (Å²) in [6.07, 6.45) is 4.58. The van der Waals surface area contributed by atoms with Gasteiger partial charge in [0.1, 0.15) is 12.4 Å². The predicted octanol–water partition coefficient (Wildman–Crippen LogP) is 5.59. The Bertz CT molecular complexity index is 740. The number of rotatable bonds is 4. The minimum atomic E-state index is 0.0851. The first-order valence-electron chi connectivity index (χ1n) is 8.59. The fourth-order valence-electron chi connectivity index (χ4n) is 2.97. The fourth-order valence-corrected chi connectivity index (χ4v) is 3.29. The van der Waals surface area contributed by atoms with E-state index in [2.05, 4.69) is 0 Å². The van der Waals surface area contributed by atoms with Gasteiger partial charge in [0, 0.05) is 18.7 Å². The molecule has 0 aliphatic carbocycles. The lowest BCUT2D eigenvalue weighted by Gasteiger charge is -2.20. The van der Waals surface area contributed by atoms with E-state index < -0.39 is 0 Å². The number of halogens is 2. The third kappa shape index (κ3) is 4.90. The highest BCUT2D eigenvalue weighted by atomic mass is 35.5. The van der Waals surface area contributed by atoms with E-state index in [4.69, 9.17) is 27.9 Å². The normalized spacial score (nSPS) is 14.9. The molecule has 1 heterocycles. The smallest absolute Gasteiger partial charge is 0.253 e. The first kappa shape index (κ1) is 18.1. The Balaban J connectivity index is 1.66. The second-order valence-corrected chi connectivity index (χ2v) is 7.09. The van der Waals surface area contributed by atoms with Crippen LogP contribution in [0.1, 0.15) is 41.6 Å². The first-order chi connectivity index (χ1) is 12.1. The van der Waals surface area contributed by atoms with Crippen molar-refractivity contribution in [3.63, 3.8) is 0 Å². The van der Waals surface area contributed by atoms with Crippen molar-refractivity contribution in [1.29, 1.82) is 0 Å². The Kier molecular flexibility index (Phi) is 6.22. The maximum atomic E-state index is 12.7. The number of hydrogen-bond acceptors (Lipinski definition) is 2. The zero-order chi connectivity index (χ0) is 17.6. The Labute approximate surface area is 158 Å². The van der Waals surface area contributed by atoms with E-state index in [0.29, 0.717) is 28.0 Å². The summed E-state index contributed by atoms with van der Waals surface area (Å²) in [7, 11) is 0. The average molecular weight is 378 g/mol. The van der Waals surface area contributed by atoms with Crippen molar-refractivity contribution in [2.24, 2.45) is 0 Å². The third-order valence-corrected chi connectivity index (χ3v) is 5.10. The third-order valence-electron chi connectivity index (χ3n) is 4.36. The van der Waals surface area contributed by atoms with Crippen LogP contribution in [0.3, 0.4) is 0 Å². The quantitative estimate of drug-likeness (QED) is 0.694. The van der Waals surface area contributed by atoms with Gasteiger partial charge in [-0.05, 0) is 48.7 Å². The molecular weight excluding hydrogens is 357 g/mol. The van der Waals surface area contributed by atoms with Gasteiger partial charge in [-0.1, -0.05) is 48.2 Å². The molecule has 1 saturated heterocycles. The maximum Gasteiger partial charge on any atom is 0.253 e. The molecule has 0 radical (unpaired) electrons. The maximum absolute atomic E-state index is 12.7. The van der Waals surface area contributed by atoms with Gasteiger partial charge in [-0.15, -0.1) is 0 Å². The molecule has 1 fully saturated rings. The molecule has 1 aliphatic rings. The van der Waals surface area contributed by atoms with Gasteiger partial charge < -0.3 is 9.64 Å². The minimum absolute atomic E-state index is 0.0851. The van der Waals surface area contributed by atoms with Crippen LogP contribution in [0.5, 0.6) is 5.75 Å². The predicted molar refractivity (Wildman–Crippen MR) is 102 cm³/mol. The molecule has 25 heavy (non-hydrogen) atoms. The van der Waals surface area contributed by atoms with Crippen LogP contribution >= 0.6 is 23.2 Å².